The Bertz CT molecular complexity index is 204. The third-order valence-electron chi connectivity index (χ3n) is 1.74. The van der Waals surface area contributed by atoms with Crippen molar-refractivity contribution in [2.75, 3.05) is 12.3 Å². The molecule has 0 aromatic carbocycles. The summed E-state index contributed by atoms with van der Waals surface area (Å²) in [7, 11) is 0. The highest BCUT2D eigenvalue weighted by atomic mass is 32.2. The van der Waals surface area contributed by atoms with Crippen molar-refractivity contribution < 1.29 is 4.79 Å². The zero-order valence-electron chi connectivity index (χ0n) is 7.91. The van der Waals surface area contributed by atoms with Gasteiger partial charge in [0, 0.05) is 12.2 Å². The molecule has 0 amide bonds. The van der Waals surface area contributed by atoms with E-state index in [9.17, 15) is 4.79 Å². The van der Waals surface area contributed by atoms with E-state index < -0.39 is 0 Å². The van der Waals surface area contributed by atoms with E-state index >= 15 is 0 Å². The Morgan fingerprint density at radius 2 is 2.46 bits per heavy atom. The minimum atomic E-state index is 0.279. The normalized spacial score (nSPS) is 15.9. The number of unbranched alkanes of at least 4 members (excludes halogenated alkanes) is 2. The van der Waals surface area contributed by atoms with Crippen LogP contribution in [0.2, 0.25) is 0 Å². The molecule has 13 heavy (non-hydrogen) atoms. The number of hydrogen-bond donors (Lipinski definition) is 0. The van der Waals surface area contributed by atoms with Crippen LogP contribution in [0.5, 0.6) is 0 Å². The number of thioether (sulfide) groups is 2. The molecule has 0 atom stereocenters. The maximum Gasteiger partial charge on any atom is 0.195 e. The lowest BCUT2D eigenvalue weighted by molar-refractivity contribution is -0.111. The van der Waals surface area contributed by atoms with Crippen molar-refractivity contribution in [1.29, 1.82) is 0 Å². The monoisotopic (exact) mass is 217 g/mol. The summed E-state index contributed by atoms with van der Waals surface area (Å²) in [4.78, 5) is 15.6. The van der Waals surface area contributed by atoms with Gasteiger partial charge in [-0.1, -0.05) is 31.5 Å². The Morgan fingerprint density at radius 3 is 3.08 bits per heavy atom. The van der Waals surface area contributed by atoms with Crippen molar-refractivity contribution in [1.82, 2.24) is 0 Å². The number of nitrogens with zero attached hydrogens (tertiary/aromatic N) is 1. The van der Waals surface area contributed by atoms with Gasteiger partial charge in [-0.05, 0) is 18.2 Å². The lowest BCUT2D eigenvalue weighted by Crippen LogP contribution is -1.94. The van der Waals surface area contributed by atoms with E-state index in [1.54, 1.807) is 11.8 Å². The van der Waals surface area contributed by atoms with Crippen molar-refractivity contribution >= 4 is 33.0 Å². The highest BCUT2D eigenvalue weighted by Gasteiger charge is 2.12. The van der Waals surface area contributed by atoms with Crippen LogP contribution in [-0.2, 0) is 4.79 Å². The van der Waals surface area contributed by atoms with Gasteiger partial charge >= 0.3 is 0 Å². The third kappa shape index (κ3) is 4.72. The van der Waals surface area contributed by atoms with E-state index in [1.807, 2.05) is 0 Å². The molecule has 0 saturated carbocycles. The second-order valence-corrected chi connectivity index (χ2v) is 5.32. The molecule has 0 spiro atoms. The zero-order valence-corrected chi connectivity index (χ0v) is 9.55. The van der Waals surface area contributed by atoms with Gasteiger partial charge in [0.1, 0.15) is 4.38 Å². The molecular weight excluding hydrogens is 202 g/mol. The van der Waals surface area contributed by atoms with Crippen molar-refractivity contribution in [3.63, 3.8) is 0 Å². The largest absolute Gasteiger partial charge is 0.287 e. The lowest BCUT2D eigenvalue weighted by atomic mass is 10.2. The molecule has 1 rings (SSSR count). The molecule has 4 heteroatoms. The van der Waals surface area contributed by atoms with Crippen LogP contribution < -0.4 is 0 Å². The number of rotatable bonds is 4. The van der Waals surface area contributed by atoms with Gasteiger partial charge in [-0.2, -0.15) is 0 Å². The fraction of sp³-hybridized carbons (Fsp3) is 0.778. The highest BCUT2D eigenvalue weighted by molar-refractivity contribution is 8.45. The van der Waals surface area contributed by atoms with Crippen LogP contribution in [0.1, 0.15) is 32.6 Å². The molecule has 1 aliphatic rings. The number of aliphatic imine (C=N–C) groups is 1. The molecule has 0 fully saturated rings. The smallest absolute Gasteiger partial charge is 0.195 e. The topological polar surface area (TPSA) is 29.4 Å². The van der Waals surface area contributed by atoms with E-state index in [2.05, 4.69) is 11.9 Å². The van der Waals surface area contributed by atoms with Crippen LogP contribution in [0.15, 0.2) is 4.99 Å². The summed E-state index contributed by atoms with van der Waals surface area (Å²) < 4.78 is 0.974. The van der Waals surface area contributed by atoms with Crippen LogP contribution in [0, 0.1) is 0 Å². The Kier molecular flexibility index (Phi) is 5.55. The summed E-state index contributed by atoms with van der Waals surface area (Å²) in [6.45, 7) is 3.03. The van der Waals surface area contributed by atoms with Crippen LogP contribution in [0.3, 0.4) is 0 Å². The van der Waals surface area contributed by atoms with E-state index in [-0.39, 0.29) is 5.12 Å². The van der Waals surface area contributed by atoms with E-state index in [4.69, 9.17) is 0 Å². The van der Waals surface area contributed by atoms with Gasteiger partial charge in [0.05, 0.1) is 6.54 Å². The molecule has 0 radical (unpaired) electrons. The summed E-state index contributed by atoms with van der Waals surface area (Å²) in [5.74, 6) is 1.05. The second-order valence-electron chi connectivity index (χ2n) is 2.93. The third-order valence-corrected chi connectivity index (χ3v) is 3.85. The average molecular weight is 217 g/mol. The average Bonchev–Trinajstić information content (AvgIpc) is 2.57. The summed E-state index contributed by atoms with van der Waals surface area (Å²) >= 11 is 3.03. The molecule has 0 bridgehead atoms. The van der Waals surface area contributed by atoms with Crippen molar-refractivity contribution in [3.05, 3.63) is 0 Å². The number of carbonyl (C=O) groups excluding carboxylic acids is 1. The molecule has 0 N–H and O–H groups in total. The van der Waals surface area contributed by atoms with Crippen LogP contribution in [-0.4, -0.2) is 21.8 Å². The van der Waals surface area contributed by atoms with Crippen molar-refractivity contribution in [2.24, 2.45) is 4.99 Å². The van der Waals surface area contributed by atoms with E-state index in [0.29, 0.717) is 6.42 Å². The molecular formula is C9H15NOS2. The lowest BCUT2D eigenvalue weighted by Gasteiger charge is -1.98. The van der Waals surface area contributed by atoms with Crippen LogP contribution in [0.25, 0.3) is 0 Å². The molecule has 0 unspecified atom stereocenters. The van der Waals surface area contributed by atoms with Crippen molar-refractivity contribution in [2.45, 2.75) is 32.6 Å². The number of carbonyl (C=O) groups is 1. The fourth-order valence-corrected chi connectivity index (χ4v) is 2.95. The molecule has 0 aromatic heterocycles. The zero-order chi connectivity index (χ0) is 9.52. The molecule has 2 nitrogen and oxygen atoms in total. The summed E-state index contributed by atoms with van der Waals surface area (Å²) in [6, 6.07) is 0. The van der Waals surface area contributed by atoms with Gasteiger partial charge in [0.25, 0.3) is 0 Å². The van der Waals surface area contributed by atoms with Crippen molar-refractivity contribution in [3.8, 4) is 0 Å². The first kappa shape index (κ1) is 11.1. The minimum Gasteiger partial charge on any atom is -0.287 e. The fourth-order valence-electron chi connectivity index (χ4n) is 1.05. The first-order valence-electron chi connectivity index (χ1n) is 4.71. The molecule has 0 aliphatic carbocycles. The molecule has 0 aromatic rings. The van der Waals surface area contributed by atoms with Gasteiger partial charge in [-0.15, -0.1) is 0 Å². The first-order chi connectivity index (χ1) is 6.33. The SMILES string of the molecule is CCCCCC(=O)SC1=NCCS1. The van der Waals surface area contributed by atoms with E-state index in [0.717, 1.165) is 29.5 Å². The standard InChI is InChI=1S/C9H15NOS2/c1-2-3-4-5-8(11)13-9-10-6-7-12-9/h2-7H2,1H3. The van der Waals surface area contributed by atoms with Gasteiger partial charge < -0.3 is 0 Å². The first-order valence-corrected chi connectivity index (χ1v) is 6.51. The molecule has 1 heterocycles. The van der Waals surface area contributed by atoms with Crippen LogP contribution in [0.4, 0.5) is 0 Å². The molecule has 0 saturated heterocycles. The van der Waals surface area contributed by atoms with Gasteiger partial charge in [-0.25, -0.2) is 0 Å². The predicted molar refractivity (Wildman–Crippen MR) is 61.5 cm³/mol. The molecule has 74 valence electrons. The summed E-state index contributed by atoms with van der Waals surface area (Å²) in [5, 5.41) is 0.279. The Balaban J connectivity index is 2.10. The minimum absolute atomic E-state index is 0.279. The number of hydrogen-bond acceptors (Lipinski definition) is 4. The quantitative estimate of drug-likeness (QED) is 0.678. The predicted octanol–water partition coefficient (Wildman–Crippen LogP) is 2.93. The van der Waals surface area contributed by atoms with Gasteiger partial charge in [0.2, 0.25) is 0 Å². The van der Waals surface area contributed by atoms with Crippen LogP contribution >= 0.6 is 23.5 Å². The maximum atomic E-state index is 11.3. The second kappa shape index (κ2) is 6.49. The molecule has 1 aliphatic heterocycles. The van der Waals surface area contributed by atoms with E-state index in [1.165, 1.54) is 18.2 Å². The summed E-state index contributed by atoms with van der Waals surface area (Å²) in [5.41, 5.74) is 0. The Morgan fingerprint density at radius 1 is 1.62 bits per heavy atom. The van der Waals surface area contributed by atoms with Gasteiger partial charge in [0.15, 0.2) is 5.12 Å². The summed E-state index contributed by atoms with van der Waals surface area (Å²) in [6.07, 6.45) is 4.07. The highest BCUT2D eigenvalue weighted by Crippen LogP contribution is 2.24. The Labute approximate surface area is 88.0 Å². The Hall–Kier alpha value is 0.0400. The van der Waals surface area contributed by atoms with Gasteiger partial charge in [-0.3, -0.25) is 9.79 Å². The maximum absolute atomic E-state index is 11.3.